The molecule has 10 heteroatoms. The molecular formula is C25H24FN3O6. The van der Waals surface area contributed by atoms with E-state index in [0.29, 0.717) is 22.7 Å². The summed E-state index contributed by atoms with van der Waals surface area (Å²) in [7, 11) is 0. The Morgan fingerprint density at radius 2 is 2.00 bits per heavy atom. The van der Waals surface area contributed by atoms with Gasteiger partial charge in [0.25, 0.3) is 11.8 Å². The molecule has 1 atom stereocenters. The molecule has 4 rings (SSSR count). The zero-order valence-electron chi connectivity index (χ0n) is 19.2. The molecule has 0 saturated heterocycles. The molecule has 1 aromatic heterocycles. The van der Waals surface area contributed by atoms with E-state index < -0.39 is 5.82 Å². The number of ether oxygens (including phenoxy) is 2. The Bertz CT molecular complexity index is 1240. The number of anilines is 1. The average molecular weight is 481 g/mol. The van der Waals surface area contributed by atoms with Crippen LogP contribution in [-0.2, 0) is 11.3 Å². The van der Waals surface area contributed by atoms with Crippen molar-refractivity contribution in [3.8, 4) is 11.5 Å². The summed E-state index contributed by atoms with van der Waals surface area (Å²) in [6.45, 7) is 3.33. The van der Waals surface area contributed by atoms with E-state index in [-0.39, 0.29) is 55.0 Å². The second-order valence-corrected chi connectivity index (χ2v) is 8.03. The van der Waals surface area contributed by atoms with Crippen molar-refractivity contribution >= 4 is 23.3 Å². The number of rotatable bonds is 9. The van der Waals surface area contributed by atoms with Crippen LogP contribution in [0.2, 0.25) is 0 Å². The number of oxazole rings is 1. The van der Waals surface area contributed by atoms with Crippen molar-refractivity contribution in [2.75, 3.05) is 18.1 Å². The Balaban J connectivity index is 1.48. The van der Waals surface area contributed by atoms with Crippen molar-refractivity contribution < 1.29 is 32.7 Å². The highest BCUT2D eigenvalue weighted by Gasteiger charge is 2.28. The number of aromatic nitrogens is 1. The Hall–Kier alpha value is -4.21. The van der Waals surface area contributed by atoms with Crippen molar-refractivity contribution in [3.05, 3.63) is 71.7 Å². The first-order valence-electron chi connectivity index (χ1n) is 11.1. The minimum Gasteiger partial charge on any atom is -0.485 e. The fourth-order valence-corrected chi connectivity index (χ4v) is 3.33. The molecule has 0 unspecified atom stereocenters. The number of carbonyl (C=O) groups is 3. The Kier molecular flexibility index (Phi) is 7.09. The lowest BCUT2D eigenvalue weighted by molar-refractivity contribution is -0.121. The van der Waals surface area contributed by atoms with Crippen LogP contribution >= 0.6 is 0 Å². The lowest BCUT2D eigenvalue weighted by atomic mass is 10.1. The number of carbonyl (C=O) groups excluding carboxylic acids is 3. The van der Waals surface area contributed by atoms with Crippen LogP contribution in [0.15, 0.2) is 53.1 Å². The van der Waals surface area contributed by atoms with Gasteiger partial charge in [0.05, 0.1) is 5.69 Å². The van der Waals surface area contributed by atoms with E-state index in [4.69, 9.17) is 13.9 Å². The summed E-state index contributed by atoms with van der Waals surface area (Å²) in [5, 5.41) is 2.80. The molecule has 2 heterocycles. The molecule has 0 radical (unpaired) electrons. The lowest BCUT2D eigenvalue weighted by Gasteiger charge is -2.28. The Labute approximate surface area is 200 Å². The molecule has 1 N–H and O–H groups in total. The number of benzene rings is 2. The van der Waals surface area contributed by atoms with Crippen LogP contribution in [0.4, 0.5) is 10.1 Å². The lowest BCUT2D eigenvalue weighted by Crippen LogP contribution is -2.38. The van der Waals surface area contributed by atoms with Gasteiger partial charge < -0.3 is 19.2 Å². The molecule has 0 saturated carbocycles. The summed E-state index contributed by atoms with van der Waals surface area (Å²) in [5.74, 6) is -0.521. The van der Waals surface area contributed by atoms with Gasteiger partial charge in [-0.05, 0) is 55.8 Å². The highest BCUT2D eigenvalue weighted by Crippen LogP contribution is 2.34. The summed E-state index contributed by atoms with van der Waals surface area (Å²) < 4.78 is 29.4. The molecule has 0 fully saturated rings. The highest BCUT2D eigenvalue weighted by atomic mass is 19.1. The van der Waals surface area contributed by atoms with Crippen molar-refractivity contribution in [2.45, 2.75) is 32.9 Å². The SMILES string of the molecule is CC[C@H](C)NC(=O)c1coc(CN2C(=O)COc3ccc(C(=O)COc4ccc(F)cc4)cc32)n1. The second-order valence-electron chi connectivity index (χ2n) is 8.03. The van der Waals surface area contributed by atoms with Crippen LogP contribution in [0, 0.1) is 5.82 Å². The summed E-state index contributed by atoms with van der Waals surface area (Å²) in [5.41, 5.74) is 0.788. The van der Waals surface area contributed by atoms with Gasteiger partial charge in [0.1, 0.15) is 30.1 Å². The van der Waals surface area contributed by atoms with Crippen LogP contribution in [0.3, 0.4) is 0 Å². The summed E-state index contributed by atoms with van der Waals surface area (Å²) >= 11 is 0. The normalized spacial score (nSPS) is 13.6. The van der Waals surface area contributed by atoms with Crippen LogP contribution in [0.1, 0.15) is 47.0 Å². The van der Waals surface area contributed by atoms with Gasteiger partial charge in [0, 0.05) is 11.6 Å². The molecule has 0 spiro atoms. The monoisotopic (exact) mass is 481 g/mol. The van der Waals surface area contributed by atoms with Gasteiger partial charge in [-0.2, -0.15) is 0 Å². The third-order valence-electron chi connectivity index (χ3n) is 5.48. The second kappa shape index (κ2) is 10.4. The van der Waals surface area contributed by atoms with E-state index in [1.165, 1.54) is 41.5 Å². The van der Waals surface area contributed by atoms with Gasteiger partial charge in [0.2, 0.25) is 5.89 Å². The predicted molar refractivity (Wildman–Crippen MR) is 123 cm³/mol. The van der Waals surface area contributed by atoms with Gasteiger partial charge in [-0.25, -0.2) is 9.37 Å². The molecule has 1 aliphatic rings. The maximum atomic E-state index is 13.0. The van der Waals surface area contributed by atoms with E-state index in [1.807, 2.05) is 13.8 Å². The predicted octanol–water partition coefficient (Wildman–Crippen LogP) is 3.53. The first kappa shape index (κ1) is 23.9. The number of halogens is 1. The summed E-state index contributed by atoms with van der Waals surface area (Å²) in [6.07, 6.45) is 2.01. The number of nitrogens with zero attached hydrogens (tertiary/aromatic N) is 2. The van der Waals surface area contributed by atoms with Crippen molar-refractivity contribution in [1.29, 1.82) is 0 Å². The minimum absolute atomic E-state index is 0.0154. The first-order valence-corrected chi connectivity index (χ1v) is 11.1. The van der Waals surface area contributed by atoms with Crippen molar-refractivity contribution in [1.82, 2.24) is 10.3 Å². The number of fused-ring (bicyclic) bond motifs is 1. The maximum Gasteiger partial charge on any atom is 0.273 e. The third kappa shape index (κ3) is 5.65. The van der Waals surface area contributed by atoms with Crippen molar-refractivity contribution in [3.63, 3.8) is 0 Å². The quantitative estimate of drug-likeness (QED) is 0.466. The van der Waals surface area contributed by atoms with E-state index in [0.717, 1.165) is 6.42 Å². The Morgan fingerprint density at radius 3 is 2.74 bits per heavy atom. The Morgan fingerprint density at radius 1 is 1.23 bits per heavy atom. The van der Waals surface area contributed by atoms with E-state index in [2.05, 4.69) is 10.3 Å². The number of hydrogen-bond acceptors (Lipinski definition) is 7. The fourth-order valence-electron chi connectivity index (χ4n) is 3.33. The van der Waals surface area contributed by atoms with E-state index in [9.17, 15) is 18.8 Å². The molecule has 3 aromatic rings. The average Bonchev–Trinajstić information content (AvgIpc) is 3.33. The third-order valence-corrected chi connectivity index (χ3v) is 5.48. The van der Waals surface area contributed by atoms with Crippen molar-refractivity contribution in [2.24, 2.45) is 0 Å². The molecule has 9 nitrogen and oxygen atoms in total. The number of nitrogens with one attached hydrogen (secondary N) is 1. The maximum absolute atomic E-state index is 13.0. The van der Waals surface area contributed by atoms with E-state index >= 15 is 0 Å². The minimum atomic E-state index is -0.405. The molecule has 182 valence electrons. The number of Topliss-reactive ketones (excluding diaryl/α,β-unsaturated/α-hetero) is 1. The molecule has 35 heavy (non-hydrogen) atoms. The van der Waals surface area contributed by atoms with Crippen LogP contribution < -0.4 is 19.7 Å². The molecule has 1 aliphatic heterocycles. The highest BCUT2D eigenvalue weighted by molar-refractivity contribution is 6.02. The number of amides is 2. The molecule has 2 amide bonds. The number of ketones is 1. The largest absolute Gasteiger partial charge is 0.485 e. The molecule has 2 aromatic carbocycles. The molecular weight excluding hydrogens is 457 g/mol. The number of hydrogen-bond donors (Lipinski definition) is 1. The zero-order chi connectivity index (χ0) is 24.9. The fraction of sp³-hybridized carbons (Fsp3) is 0.280. The van der Waals surface area contributed by atoms with Gasteiger partial charge in [-0.3, -0.25) is 19.3 Å². The van der Waals surface area contributed by atoms with Gasteiger partial charge in [0.15, 0.2) is 24.7 Å². The molecule has 0 aliphatic carbocycles. The van der Waals surface area contributed by atoms with Crippen LogP contribution in [0.5, 0.6) is 11.5 Å². The summed E-state index contributed by atoms with van der Waals surface area (Å²) in [4.78, 5) is 43.2. The topological polar surface area (TPSA) is 111 Å². The molecule has 0 bridgehead atoms. The van der Waals surface area contributed by atoms with Crippen LogP contribution in [0.25, 0.3) is 0 Å². The smallest absolute Gasteiger partial charge is 0.273 e. The zero-order valence-corrected chi connectivity index (χ0v) is 19.2. The first-order chi connectivity index (χ1) is 16.8. The standard InChI is InChI=1S/C25H24FN3O6/c1-3-15(2)27-25(32)19-12-35-23(28-19)11-29-20-10-16(4-9-22(20)34-14-24(29)31)21(30)13-33-18-7-5-17(26)6-8-18/h4-10,12,15H,3,11,13-14H2,1-2H3,(H,27,32)/t15-/m0/s1. The van der Waals surface area contributed by atoms with Crippen LogP contribution in [-0.4, -0.2) is 41.8 Å². The van der Waals surface area contributed by atoms with E-state index in [1.54, 1.807) is 12.1 Å². The van der Waals surface area contributed by atoms with Gasteiger partial charge in [-0.1, -0.05) is 6.92 Å². The van der Waals surface area contributed by atoms with Gasteiger partial charge >= 0.3 is 0 Å². The summed E-state index contributed by atoms with van der Waals surface area (Å²) in [6, 6.07) is 10.0. The van der Waals surface area contributed by atoms with Gasteiger partial charge in [-0.15, -0.1) is 0 Å².